The lowest BCUT2D eigenvalue weighted by molar-refractivity contribution is 0.0725. The zero-order chi connectivity index (χ0) is 20.6. The molecule has 0 saturated carbocycles. The third-order valence-corrected chi connectivity index (χ3v) is 4.85. The number of anilines is 1. The van der Waals surface area contributed by atoms with Crippen LogP contribution in [0.15, 0.2) is 42.5 Å². The molecule has 0 aliphatic carbocycles. The Balaban J connectivity index is 1.80. The molecule has 1 fully saturated rings. The fourth-order valence-corrected chi connectivity index (χ4v) is 3.43. The van der Waals surface area contributed by atoms with E-state index in [9.17, 15) is 9.59 Å². The lowest BCUT2D eigenvalue weighted by Crippen LogP contribution is -2.36. The molecule has 154 valence electrons. The Morgan fingerprint density at radius 3 is 2.34 bits per heavy atom. The van der Waals surface area contributed by atoms with Crippen molar-refractivity contribution >= 4 is 17.5 Å². The summed E-state index contributed by atoms with van der Waals surface area (Å²) in [7, 11) is 0. The molecule has 0 bridgehead atoms. The van der Waals surface area contributed by atoms with E-state index in [1.807, 2.05) is 30.9 Å². The van der Waals surface area contributed by atoms with Gasteiger partial charge < -0.3 is 19.7 Å². The van der Waals surface area contributed by atoms with Crippen molar-refractivity contribution in [1.82, 2.24) is 4.90 Å². The number of rotatable bonds is 7. The maximum Gasteiger partial charge on any atom is 0.255 e. The quantitative estimate of drug-likeness (QED) is 0.755. The first-order chi connectivity index (χ1) is 14.1. The zero-order valence-electron chi connectivity index (χ0n) is 17.1. The van der Waals surface area contributed by atoms with E-state index in [-0.39, 0.29) is 11.8 Å². The molecular formula is C23H28N2O4. The summed E-state index contributed by atoms with van der Waals surface area (Å²) in [4.78, 5) is 27.7. The van der Waals surface area contributed by atoms with E-state index in [0.717, 1.165) is 32.4 Å². The molecule has 29 heavy (non-hydrogen) atoms. The first-order valence-corrected chi connectivity index (χ1v) is 10.2. The van der Waals surface area contributed by atoms with Gasteiger partial charge in [-0.15, -0.1) is 0 Å². The Bertz CT molecular complexity index is 860. The molecule has 2 aromatic carbocycles. The number of piperidine rings is 1. The molecule has 1 saturated heterocycles. The third-order valence-electron chi connectivity index (χ3n) is 4.85. The van der Waals surface area contributed by atoms with Gasteiger partial charge in [-0.2, -0.15) is 0 Å². The largest absolute Gasteiger partial charge is 0.490 e. The third kappa shape index (κ3) is 5.08. The van der Waals surface area contributed by atoms with E-state index in [0.29, 0.717) is 41.5 Å². The van der Waals surface area contributed by atoms with Crippen molar-refractivity contribution in [2.24, 2.45) is 0 Å². The Morgan fingerprint density at radius 1 is 0.931 bits per heavy atom. The van der Waals surface area contributed by atoms with Crippen LogP contribution < -0.4 is 14.8 Å². The van der Waals surface area contributed by atoms with Crippen molar-refractivity contribution in [2.75, 3.05) is 31.6 Å². The number of nitrogens with zero attached hydrogens (tertiary/aromatic N) is 1. The second-order valence-corrected chi connectivity index (χ2v) is 6.88. The van der Waals surface area contributed by atoms with Gasteiger partial charge >= 0.3 is 0 Å². The molecular weight excluding hydrogens is 368 g/mol. The summed E-state index contributed by atoms with van der Waals surface area (Å²) in [5.74, 6) is 0.793. The highest BCUT2D eigenvalue weighted by Crippen LogP contribution is 2.29. The van der Waals surface area contributed by atoms with Crippen LogP contribution in [0.2, 0.25) is 0 Å². The Hall–Kier alpha value is -3.02. The first-order valence-electron chi connectivity index (χ1n) is 10.2. The van der Waals surface area contributed by atoms with E-state index in [1.165, 1.54) is 0 Å². The number of benzene rings is 2. The summed E-state index contributed by atoms with van der Waals surface area (Å²) in [6.45, 7) is 6.28. The summed E-state index contributed by atoms with van der Waals surface area (Å²) < 4.78 is 11.2. The second kappa shape index (κ2) is 9.96. The van der Waals surface area contributed by atoms with Crippen LogP contribution in [-0.4, -0.2) is 43.0 Å². The van der Waals surface area contributed by atoms with Gasteiger partial charge in [-0.25, -0.2) is 0 Å². The van der Waals surface area contributed by atoms with Gasteiger partial charge in [0.1, 0.15) is 0 Å². The van der Waals surface area contributed by atoms with Crippen molar-refractivity contribution in [3.05, 3.63) is 53.6 Å². The lowest BCUT2D eigenvalue weighted by Gasteiger charge is -2.27. The average Bonchev–Trinajstić information content (AvgIpc) is 2.76. The van der Waals surface area contributed by atoms with Crippen LogP contribution >= 0.6 is 0 Å². The standard InChI is InChI=1S/C23H28N2O4/c1-3-28-20-13-12-17(16-21(20)29-4-2)22(26)24-19-11-7-6-10-18(19)23(27)25-14-8-5-9-15-25/h6-7,10-13,16H,3-5,8-9,14-15H2,1-2H3,(H,24,26). The van der Waals surface area contributed by atoms with Gasteiger partial charge in [0.2, 0.25) is 0 Å². The second-order valence-electron chi connectivity index (χ2n) is 6.88. The topological polar surface area (TPSA) is 67.9 Å². The number of para-hydroxylation sites is 1. The Morgan fingerprint density at radius 2 is 1.62 bits per heavy atom. The first kappa shape index (κ1) is 20.7. The zero-order valence-corrected chi connectivity index (χ0v) is 17.1. The van der Waals surface area contributed by atoms with Crippen LogP contribution in [0.3, 0.4) is 0 Å². The van der Waals surface area contributed by atoms with E-state index >= 15 is 0 Å². The molecule has 0 spiro atoms. The van der Waals surface area contributed by atoms with Crippen LogP contribution in [-0.2, 0) is 0 Å². The number of nitrogens with one attached hydrogen (secondary N) is 1. The van der Waals surface area contributed by atoms with Crippen LogP contribution in [0.25, 0.3) is 0 Å². The van der Waals surface area contributed by atoms with Crippen molar-refractivity contribution in [3.8, 4) is 11.5 Å². The summed E-state index contributed by atoms with van der Waals surface area (Å²) in [6.07, 6.45) is 3.20. The molecule has 0 radical (unpaired) electrons. The minimum Gasteiger partial charge on any atom is -0.490 e. The van der Waals surface area contributed by atoms with E-state index in [1.54, 1.807) is 30.3 Å². The number of amides is 2. The van der Waals surface area contributed by atoms with Crippen LogP contribution in [0, 0.1) is 0 Å². The SMILES string of the molecule is CCOc1ccc(C(=O)Nc2ccccc2C(=O)N2CCCCC2)cc1OCC. The number of carbonyl (C=O) groups excluding carboxylic acids is 2. The molecule has 1 N–H and O–H groups in total. The van der Waals surface area contributed by atoms with Crippen LogP contribution in [0.5, 0.6) is 11.5 Å². The fraction of sp³-hybridized carbons (Fsp3) is 0.391. The molecule has 2 aromatic rings. The molecule has 3 rings (SSSR count). The minimum atomic E-state index is -0.298. The fourth-order valence-electron chi connectivity index (χ4n) is 3.43. The van der Waals surface area contributed by atoms with Gasteiger partial charge in [-0.1, -0.05) is 12.1 Å². The van der Waals surface area contributed by atoms with Crippen molar-refractivity contribution < 1.29 is 19.1 Å². The smallest absolute Gasteiger partial charge is 0.255 e. The Labute approximate surface area is 171 Å². The normalized spacial score (nSPS) is 13.7. The minimum absolute atomic E-state index is 0.0395. The summed E-state index contributed by atoms with van der Waals surface area (Å²) in [6, 6.07) is 12.2. The molecule has 0 aromatic heterocycles. The van der Waals surface area contributed by atoms with Crippen molar-refractivity contribution in [1.29, 1.82) is 0 Å². The molecule has 1 aliphatic rings. The maximum absolute atomic E-state index is 12.9. The van der Waals surface area contributed by atoms with Gasteiger partial charge in [0.15, 0.2) is 11.5 Å². The predicted molar refractivity (Wildman–Crippen MR) is 113 cm³/mol. The summed E-state index contributed by atoms with van der Waals surface area (Å²) in [5.41, 5.74) is 1.47. The number of ether oxygens (including phenoxy) is 2. The molecule has 0 unspecified atom stereocenters. The van der Waals surface area contributed by atoms with Gasteiger partial charge in [0.25, 0.3) is 11.8 Å². The highest BCUT2D eigenvalue weighted by atomic mass is 16.5. The van der Waals surface area contributed by atoms with Crippen LogP contribution in [0.1, 0.15) is 53.8 Å². The van der Waals surface area contributed by atoms with E-state index < -0.39 is 0 Å². The van der Waals surface area contributed by atoms with Gasteiger partial charge in [-0.3, -0.25) is 9.59 Å². The molecule has 2 amide bonds. The molecule has 6 nitrogen and oxygen atoms in total. The number of likely N-dealkylation sites (tertiary alicyclic amines) is 1. The number of carbonyl (C=O) groups is 2. The van der Waals surface area contributed by atoms with Crippen molar-refractivity contribution in [2.45, 2.75) is 33.1 Å². The monoisotopic (exact) mass is 396 g/mol. The highest BCUT2D eigenvalue weighted by Gasteiger charge is 2.21. The molecule has 6 heteroatoms. The highest BCUT2D eigenvalue weighted by molar-refractivity contribution is 6.09. The number of hydrogen-bond acceptors (Lipinski definition) is 4. The van der Waals surface area contributed by atoms with Gasteiger partial charge in [0.05, 0.1) is 24.5 Å². The van der Waals surface area contributed by atoms with Gasteiger partial charge in [-0.05, 0) is 63.4 Å². The van der Waals surface area contributed by atoms with Crippen molar-refractivity contribution in [3.63, 3.8) is 0 Å². The lowest BCUT2D eigenvalue weighted by atomic mass is 10.1. The maximum atomic E-state index is 12.9. The predicted octanol–water partition coefficient (Wildman–Crippen LogP) is 4.36. The number of hydrogen-bond donors (Lipinski definition) is 1. The Kier molecular flexibility index (Phi) is 7.11. The van der Waals surface area contributed by atoms with Gasteiger partial charge in [0, 0.05) is 18.7 Å². The van der Waals surface area contributed by atoms with E-state index in [2.05, 4.69) is 5.32 Å². The molecule has 0 atom stereocenters. The summed E-state index contributed by atoms with van der Waals surface area (Å²) in [5, 5.41) is 2.88. The summed E-state index contributed by atoms with van der Waals surface area (Å²) >= 11 is 0. The van der Waals surface area contributed by atoms with E-state index in [4.69, 9.17) is 9.47 Å². The van der Waals surface area contributed by atoms with Crippen LogP contribution in [0.4, 0.5) is 5.69 Å². The molecule has 1 heterocycles. The average molecular weight is 396 g/mol. The molecule has 1 aliphatic heterocycles.